The van der Waals surface area contributed by atoms with E-state index in [1.807, 2.05) is 12.1 Å². The summed E-state index contributed by atoms with van der Waals surface area (Å²) in [5, 5.41) is 0. The fraction of sp³-hybridized carbons (Fsp3) is 0.294. The molecule has 0 radical (unpaired) electrons. The zero-order valence-electron chi connectivity index (χ0n) is 12.1. The first-order valence-corrected chi connectivity index (χ1v) is 7.54. The monoisotopic (exact) mass is 305 g/mol. The molecule has 116 valence electrons. The summed E-state index contributed by atoms with van der Waals surface area (Å²) in [5.74, 6) is 0.546. The topological polar surface area (TPSA) is 9.23 Å². The summed E-state index contributed by atoms with van der Waals surface area (Å²) in [6.45, 7) is -4.56. The molecule has 2 aromatic rings. The molecule has 0 aromatic heterocycles. The number of hydrogen-bond acceptors (Lipinski definition) is 1. The van der Waals surface area contributed by atoms with Gasteiger partial charge in [-0.1, -0.05) is 36.4 Å². The van der Waals surface area contributed by atoms with E-state index in [9.17, 15) is 12.9 Å². The van der Waals surface area contributed by atoms with Crippen molar-refractivity contribution in [3.8, 4) is 5.75 Å². The molecule has 2 aromatic carbocycles. The molecule has 0 heterocycles. The first kappa shape index (κ1) is 15.0. The van der Waals surface area contributed by atoms with Gasteiger partial charge in [0, 0.05) is 5.92 Å². The van der Waals surface area contributed by atoms with Crippen molar-refractivity contribution in [2.45, 2.75) is 25.2 Å². The van der Waals surface area contributed by atoms with Crippen LogP contribution in [0.1, 0.15) is 29.9 Å². The van der Waals surface area contributed by atoms with Crippen molar-refractivity contribution < 1.29 is 17.7 Å². The highest BCUT2D eigenvalue weighted by Gasteiger charge is 2.26. The second-order valence-corrected chi connectivity index (χ2v) is 5.75. The minimum absolute atomic E-state index is 0.255. The van der Waals surface area contributed by atoms with Crippen LogP contribution in [0.3, 0.4) is 0 Å². The van der Waals surface area contributed by atoms with Gasteiger partial charge in [0.05, 0.1) is 6.61 Å². The smallest absolute Gasteiger partial charge is 0.493 e. The highest BCUT2D eigenvalue weighted by atomic mass is 19.4. The van der Waals surface area contributed by atoms with Crippen molar-refractivity contribution in [2.24, 2.45) is 0 Å². The van der Waals surface area contributed by atoms with Crippen LogP contribution in [0.2, 0.25) is 0 Å². The van der Waals surface area contributed by atoms with Crippen LogP contribution in [0.4, 0.5) is 12.9 Å². The van der Waals surface area contributed by atoms with Gasteiger partial charge in [0.25, 0.3) is 0 Å². The maximum Gasteiger partial charge on any atom is 0.509 e. The highest BCUT2D eigenvalue weighted by Crippen LogP contribution is 2.31. The van der Waals surface area contributed by atoms with Crippen LogP contribution in [0.15, 0.2) is 48.5 Å². The van der Waals surface area contributed by atoms with Gasteiger partial charge in [-0.2, -0.15) is 0 Å². The molecule has 1 unspecified atom stereocenters. The Hall–Kier alpha value is -1.91. The fourth-order valence-electron chi connectivity index (χ4n) is 3.03. The predicted octanol–water partition coefficient (Wildman–Crippen LogP) is 4.24. The van der Waals surface area contributed by atoms with Crippen molar-refractivity contribution in [2.75, 3.05) is 6.61 Å². The third-order valence-electron chi connectivity index (χ3n) is 4.18. The lowest BCUT2D eigenvalue weighted by molar-refractivity contribution is 0.274. The molecule has 0 spiro atoms. The molecular formula is C17H17BF3O-. The highest BCUT2D eigenvalue weighted by molar-refractivity contribution is 6.73. The molecule has 1 atom stereocenters. The first-order valence-electron chi connectivity index (χ1n) is 7.54. The van der Waals surface area contributed by atoms with Gasteiger partial charge in [-0.05, 0) is 42.5 Å². The van der Waals surface area contributed by atoms with E-state index in [4.69, 9.17) is 4.74 Å². The molecule has 1 nitrogen and oxygen atoms in total. The van der Waals surface area contributed by atoms with E-state index < -0.39 is 12.4 Å². The third kappa shape index (κ3) is 3.29. The molecule has 3 rings (SSSR count). The Morgan fingerprint density at radius 3 is 2.68 bits per heavy atom. The van der Waals surface area contributed by atoms with Crippen LogP contribution < -0.4 is 10.2 Å². The molecule has 0 fully saturated rings. The third-order valence-corrected chi connectivity index (χ3v) is 4.18. The molecule has 0 aliphatic heterocycles. The average Bonchev–Trinajstić information content (AvgIpc) is 2.52. The Bertz CT molecular complexity index is 654. The maximum atomic E-state index is 12.8. The minimum Gasteiger partial charge on any atom is -0.493 e. The SMILES string of the molecule is F[B-](F)(F)c1cccc(OCC2CCCc3ccccc32)c1. The maximum absolute atomic E-state index is 12.8. The number of hydrogen-bond donors (Lipinski definition) is 0. The van der Waals surface area contributed by atoms with Crippen LogP contribution in [0, 0.1) is 0 Å². The lowest BCUT2D eigenvalue weighted by atomic mass is 9.80. The summed E-state index contributed by atoms with van der Waals surface area (Å²) in [4.78, 5) is 0. The van der Waals surface area contributed by atoms with E-state index in [1.165, 1.54) is 17.2 Å². The molecule has 0 saturated heterocycles. The van der Waals surface area contributed by atoms with E-state index in [-0.39, 0.29) is 5.92 Å². The van der Waals surface area contributed by atoms with Gasteiger partial charge in [0.1, 0.15) is 5.75 Å². The number of rotatable bonds is 4. The van der Waals surface area contributed by atoms with Crippen LogP contribution in [0.5, 0.6) is 5.75 Å². The summed E-state index contributed by atoms with van der Waals surface area (Å²) in [6, 6.07) is 13.4. The van der Waals surface area contributed by atoms with Gasteiger partial charge in [-0.3, -0.25) is 0 Å². The molecule has 1 aliphatic carbocycles. The van der Waals surface area contributed by atoms with Crippen molar-refractivity contribution in [1.29, 1.82) is 0 Å². The zero-order valence-corrected chi connectivity index (χ0v) is 12.1. The van der Waals surface area contributed by atoms with Gasteiger partial charge >= 0.3 is 6.98 Å². The van der Waals surface area contributed by atoms with E-state index in [2.05, 4.69) is 12.1 Å². The predicted molar refractivity (Wildman–Crippen MR) is 82.8 cm³/mol. The van der Waals surface area contributed by atoms with Crippen molar-refractivity contribution in [1.82, 2.24) is 0 Å². The summed E-state index contributed by atoms with van der Waals surface area (Å²) in [5.41, 5.74) is 1.99. The van der Waals surface area contributed by atoms with Crippen LogP contribution in [0.25, 0.3) is 0 Å². The number of fused-ring (bicyclic) bond motifs is 1. The Balaban J connectivity index is 1.71. The first-order chi connectivity index (χ1) is 10.5. The van der Waals surface area contributed by atoms with Gasteiger partial charge in [0.15, 0.2) is 0 Å². The number of halogens is 3. The number of benzene rings is 2. The van der Waals surface area contributed by atoms with Gasteiger partial charge in [-0.15, -0.1) is 5.46 Å². The summed E-state index contributed by atoms with van der Waals surface area (Å²) >= 11 is 0. The van der Waals surface area contributed by atoms with Gasteiger partial charge < -0.3 is 17.7 Å². The standard InChI is InChI=1S/C17H17BF3O/c19-18(20,21)15-8-4-9-16(11-15)22-12-14-7-3-6-13-5-1-2-10-17(13)14/h1-2,4-5,8-11,14H,3,6-7,12H2/q-1. The summed E-state index contributed by atoms with van der Waals surface area (Å²) in [6.07, 6.45) is 3.18. The van der Waals surface area contributed by atoms with Crippen LogP contribution in [-0.2, 0) is 6.42 Å². The Labute approximate surface area is 128 Å². The minimum atomic E-state index is -4.98. The number of ether oxygens (including phenoxy) is 1. The van der Waals surface area contributed by atoms with Crippen molar-refractivity contribution in [3.63, 3.8) is 0 Å². The second-order valence-electron chi connectivity index (χ2n) is 5.75. The van der Waals surface area contributed by atoms with Gasteiger partial charge in [-0.25, -0.2) is 0 Å². The molecule has 5 heteroatoms. The van der Waals surface area contributed by atoms with Crippen LogP contribution >= 0.6 is 0 Å². The van der Waals surface area contributed by atoms with Crippen LogP contribution in [-0.4, -0.2) is 13.6 Å². The molecule has 0 N–H and O–H groups in total. The Kier molecular flexibility index (Phi) is 4.14. The molecule has 22 heavy (non-hydrogen) atoms. The molecular weight excluding hydrogens is 288 g/mol. The fourth-order valence-corrected chi connectivity index (χ4v) is 3.03. The average molecular weight is 305 g/mol. The van der Waals surface area contributed by atoms with E-state index in [0.717, 1.165) is 31.4 Å². The molecule has 0 bridgehead atoms. The Morgan fingerprint density at radius 2 is 1.86 bits per heavy atom. The van der Waals surface area contributed by atoms with Crippen molar-refractivity contribution in [3.05, 3.63) is 59.7 Å². The van der Waals surface area contributed by atoms with E-state index in [0.29, 0.717) is 12.4 Å². The largest absolute Gasteiger partial charge is 0.509 e. The van der Waals surface area contributed by atoms with E-state index in [1.54, 1.807) is 6.07 Å². The normalized spacial score (nSPS) is 17.9. The second kappa shape index (κ2) is 6.07. The molecule has 0 amide bonds. The van der Waals surface area contributed by atoms with E-state index >= 15 is 0 Å². The van der Waals surface area contributed by atoms with Gasteiger partial charge in [0.2, 0.25) is 0 Å². The summed E-state index contributed by atoms with van der Waals surface area (Å²) in [7, 11) is 0. The molecule has 1 aliphatic rings. The van der Waals surface area contributed by atoms with Crippen molar-refractivity contribution >= 4 is 12.4 Å². The zero-order chi connectivity index (χ0) is 15.6. The lowest BCUT2D eigenvalue weighted by Crippen LogP contribution is -2.33. The summed E-state index contributed by atoms with van der Waals surface area (Å²) < 4.78 is 43.9. The lowest BCUT2D eigenvalue weighted by Gasteiger charge is -2.25. The molecule has 0 saturated carbocycles. The Morgan fingerprint density at radius 1 is 1.05 bits per heavy atom. The number of aryl methyl sites for hydroxylation is 1. The quantitative estimate of drug-likeness (QED) is 0.768.